The first-order chi connectivity index (χ1) is 14.2. The molecule has 3 rings (SSSR count). The van der Waals surface area contributed by atoms with Gasteiger partial charge in [-0.1, -0.05) is 19.8 Å². The Morgan fingerprint density at radius 1 is 1.10 bits per heavy atom. The molecule has 1 atom stereocenters. The summed E-state index contributed by atoms with van der Waals surface area (Å²) in [5, 5.41) is 19.4. The molecule has 0 saturated heterocycles. The van der Waals surface area contributed by atoms with Gasteiger partial charge in [-0.2, -0.15) is 0 Å². The van der Waals surface area contributed by atoms with Gasteiger partial charge in [-0.3, -0.25) is 14.2 Å². The number of halogens is 3. The molecule has 158 valence electrons. The molecular formula is C22H20F3NO4. The highest BCUT2D eigenvalue weighted by atomic mass is 19.2. The van der Waals surface area contributed by atoms with Gasteiger partial charge in [0.05, 0.1) is 11.4 Å². The van der Waals surface area contributed by atoms with Gasteiger partial charge in [-0.15, -0.1) is 0 Å². The maximum Gasteiger partial charge on any atom is 0.311 e. The van der Waals surface area contributed by atoms with Crippen molar-refractivity contribution in [2.75, 3.05) is 0 Å². The second-order valence-electron chi connectivity index (χ2n) is 7.09. The SMILES string of the molecule is CCCCC(C(=O)O)c1c(C)n(C(=O)c2ccc(F)c(F)c2)c2ccc(O)c(F)c12. The Kier molecular flexibility index (Phi) is 5.87. The Balaban J connectivity index is 2.32. The average Bonchev–Trinajstić information content (AvgIpc) is 2.99. The van der Waals surface area contributed by atoms with Gasteiger partial charge < -0.3 is 10.2 Å². The summed E-state index contributed by atoms with van der Waals surface area (Å²) in [6.45, 7) is 3.35. The molecule has 0 saturated carbocycles. The number of hydrogen-bond acceptors (Lipinski definition) is 3. The van der Waals surface area contributed by atoms with Crippen molar-refractivity contribution in [2.45, 2.75) is 39.0 Å². The molecule has 0 spiro atoms. The molecule has 5 nitrogen and oxygen atoms in total. The van der Waals surface area contributed by atoms with E-state index in [1.807, 2.05) is 6.92 Å². The lowest BCUT2D eigenvalue weighted by molar-refractivity contribution is -0.139. The Hall–Kier alpha value is -3.29. The summed E-state index contributed by atoms with van der Waals surface area (Å²) in [6.07, 6.45) is 1.48. The van der Waals surface area contributed by atoms with E-state index in [2.05, 4.69) is 0 Å². The van der Waals surface area contributed by atoms with Crippen LogP contribution in [0.15, 0.2) is 30.3 Å². The number of fused-ring (bicyclic) bond motifs is 1. The molecule has 8 heteroatoms. The Bertz CT molecular complexity index is 1150. The van der Waals surface area contributed by atoms with E-state index < -0.39 is 41.0 Å². The van der Waals surface area contributed by atoms with Crippen LogP contribution < -0.4 is 0 Å². The molecule has 0 fully saturated rings. The van der Waals surface area contributed by atoms with Crippen molar-refractivity contribution >= 4 is 22.8 Å². The number of carboxylic acids is 1. The minimum atomic E-state index is -1.22. The smallest absolute Gasteiger partial charge is 0.311 e. The largest absolute Gasteiger partial charge is 0.505 e. The van der Waals surface area contributed by atoms with Crippen LogP contribution >= 0.6 is 0 Å². The number of phenols is 1. The number of unbranched alkanes of at least 4 members (excludes halogenated alkanes) is 1. The van der Waals surface area contributed by atoms with Crippen molar-refractivity contribution in [1.29, 1.82) is 0 Å². The lowest BCUT2D eigenvalue weighted by atomic mass is 9.91. The van der Waals surface area contributed by atoms with Crippen LogP contribution in [0, 0.1) is 24.4 Å². The van der Waals surface area contributed by atoms with Crippen LogP contribution in [0.4, 0.5) is 13.2 Å². The molecule has 2 aromatic carbocycles. The fourth-order valence-electron chi connectivity index (χ4n) is 3.73. The van der Waals surface area contributed by atoms with Gasteiger partial charge in [0.1, 0.15) is 0 Å². The van der Waals surface area contributed by atoms with Gasteiger partial charge in [0.15, 0.2) is 23.2 Å². The number of aliphatic carboxylic acids is 1. The number of aromatic hydroxyl groups is 1. The van der Waals surface area contributed by atoms with Gasteiger partial charge in [0, 0.05) is 16.6 Å². The summed E-state index contributed by atoms with van der Waals surface area (Å²) in [6, 6.07) is 4.97. The lowest BCUT2D eigenvalue weighted by Gasteiger charge is -2.14. The molecule has 0 bridgehead atoms. The third kappa shape index (κ3) is 3.53. The Morgan fingerprint density at radius 3 is 2.40 bits per heavy atom. The van der Waals surface area contributed by atoms with E-state index in [0.717, 1.165) is 28.8 Å². The molecule has 0 aliphatic rings. The quantitative estimate of drug-likeness (QED) is 0.581. The fourth-order valence-corrected chi connectivity index (χ4v) is 3.73. The van der Waals surface area contributed by atoms with E-state index in [9.17, 15) is 33.0 Å². The third-order valence-corrected chi connectivity index (χ3v) is 5.20. The van der Waals surface area contributed by atoms with Crippen LogP contribution in [0.3, 0.4) is 0 Å². The predicted octanol–water partition coefficient (Wildman–Crippen LogP) is 5.12. The van der Waals surface area contributed by atoms with E-state index in [4.69, 9.17) is 0 Å². The number of rotatable bonds is 6. The summed E-state index contributed by atoms with van der Waals surface area (Å²) in [5.74, 6) is -7.12. The van der Waals surface area contributed by atoms with Crippen LogP contribution in [-0.4, -0.2) is 26.7 Å². The molecule has 0 amide bonds. The average molecular weight is 419 g/mol. The number of hydrogen-bond donors (Lipinski definition) is 2. The van der Waals surface area contributed by atoms with Gasteiger partial charge in [0.2, 0.25) is 0 Å². The first-order valence-corrected chi connectivity index (χ1v) is 9.43. The molecule has 1 aromatic heterocycles. The zero-order chi connectivity index (χ0) is 22.2. The van der Waals surface area contributed by atoms with Crippen LogP contribution in [0.1, 0.15) is 53.7 Å². The normalized spacial score (nSPS) is 12.3. The van der Waals surface area contributed by atoms with Crippen LogP contribution in [-0.2, 0) is 4.79 Å². The fraction of sp³-hybridized carbons (Fsp3) is 0.273. The Labute approximate surface area is 170 Å². The molecule has 3 aromatic rings. The second-order valence-corrected chi connectivity index (χ2v) is 7.09. The molecule has 30 heavy (non-hydrogen) atoms. The van der Waals surface area contributed by atoms with E-state index in [1.165, 1.54) is 13.0 Å². The van der Waals surface area contributed by atoms with E-state index >= 15 is 0 Å². The first-order valence-electron chi connectivity index (χ1n) is 9.43. The third-order valence-electron chi connectivity index (χ3n) is 5.20. The van der Waals surface area contributed by atoms with Crippen LogP contribution in [0.25, 0.3) is 10.9 Å². The van der Waals surface area contributed by atoms with E-state index in [1.54, 1.807) is 0 Å². The van der Waals surface area contributed by atoms with Crippen molar-refractivity contribution in [1.82, 2.24) is 4.57 Å². The number of phenolic OH excluding ortho intramolecular Hbond substituents is 1. The highest BCUT2D eigenvalue weighted by molar-refractivity contribution is 6.05. The zero-order valence-electron chi connectivity index (χ0n) is 16.4. The summed E-state index contributed by atoms with van der Waals surface area (Å²) in [5.41, 5.74) is 0.0904. The minimum absolute atomic E-state index is 0.0373. The lowest BCUT2D eigenvalue weighted by Crippen LogP contribution is -2.16. The molecule has 2 N–H and O–H groups in total. The minimum Gasteiger partial charge on any atom is -0.505 e. The van der Waals surface area contributed by atoms with Crippen molar-refractivity contribution in [2.24, 2.45) is 0 Å². The monoisotopic (exact) mass is 419 g/mol. The number of carbonyl (C=O) groups is 2. The van der Waals surface area contributed by atoms with Gasteiger partial charge >= 0.3 is 5.97 Å². The standard InChI is InChI=1S/C22H20F3NO4/c1-3-4-5-13(22(29)30)18-11(2)26(16-8-9-17(27)20(25)19(16)18)21(28)12-6-7-14(23)15(24)10-12/h6-10,13,27H,3-5H2,1-2H3,(H,29,30). The van der Waals surface area contributed by atoms with Crippen molar-refractivity contribution in [3.63, 3.8) is 0 Å². The molecule has 1 unspecified atom stereocenters. The van der Waals surface area contributed by atoms with Crippen LogP contribution in [0.2, 0.25) is 0 Å². The molecule has 0 aliphatic carbocycles. The van der Waals surface area contributed by atoms with Gasteiger partial charge in [-0.05, 0) is 49.2 Å². The molecular weight excluding hydrogens is 399 g/mol. The summed E-state index contributed by atoms with van der Waals surface area (Å²) >= 11 is 0. The summed E-state index contributed by atoms with van der Waals surface area (Å²) < 4.78 is 42.9. The molecule has 0 aliphatic heterocycles. The van der Waals surface area contributed by atoms with Crippen molar-refractivity contribution < 1.29 is 33.0 Å². The molecule has 1 heterocycles. The number of nitrogens with zero attached hydrogens (tertiary/aromatic N) is 1. The Morgan fingerprint density at radius 2 is 1.80 bits per heavy atom. The van der Waals surface area contributed by atoms with Crippen molar-refractivity contribution in [3.8, 4) is 5.75 Å². The maximum absolute atomic E-state index is 14.9. The van der Waals surface area contributed by atoms with E-state index in [0.29, 0.717) is 12.8 Å². The number of carboxylic acid groups (broad SMARTS) is 1. The summed E-state index contributed by atoms with van der Waals surface area (Å²) in [7, 11) is 0. The molecule has 0 radical (unpaired) electrons. The highest BCUT2D eigenvalue weighted by Gasteiger charge is 2.31. The first kappa shape index (κ1) is 21.4. The topological polar surface area (TPSA) is 79.5 Å². The number of aromatic nitrogens is 1. The van der Waals surface area contributed by atoms with E-state index in [-0.39, 0.29) is 34.1 Å². The number of benzene rings is 2. The zero-order valence-corrected chi connectivity index (χ0v) is 16.4. The predicted molar refractivity (Wildman–Crippen MR) is 104 cm³/mol. The van der Waals surface area contributed by atoms with Crippen LogP contribution in [0.5, 0.6) is 5.75 Å². The maximum atomic E-state index is 14.9. The van der Waals surface area contributed by atoms with Gasteiger partial charge in [-0.25, -0.2) is 13.2 Å². The second kappa shape index (κ2) is 8.22. The van der Waals surface area contributed by atoms with Gasteiger partial charge in [0.25, 0.3) is 5.91 Å². The van der Waals surface area contributed by atoms with Crippen molar-refractivity contribution in [3.05, 3.63) is 64.6 Å². The highest BCUT2D eigenvalue weighted by Crippen LogP contribution is 2.39. The summed E-state index contributed by atoms with van der Waals surface area (Å²) in [4.78, 5) is 25.1. The number of carbonyl (C=O) groups excluding carboxylic acids is 1.